The topological polar surface area (TPSA) is 181 Å². The summed E-state index contributed by atoms with van der Waals surface area (Å²) in [6.07, 6.45) is -5.35. The quantitative estimate of drug-likeness (QED) is 0.229. The first-order valence-electron chi connectivity index (χ1n) is 12.2. The molecule has 1 aliphatic carbocycles. The Labute approximate surface area is 218 Å². The van der Waals surface area contributed by atoms with Crippen LogP contribution in [0.5, 0.6) is 5.75 Å². The molecular weight excluding hydrogens is 504 g/mol. The van der Waals surface area contributed by atoms with Gasteiger partial charge in [0.05, 0.1) is 31.7 Å². The third-order valence-corrected chi connectivity index (χ3v) is 7.29. The van der Waals surface area contributed by atoms with E-state index in [2.05, 4.69) is 0 Å². The number of hydrogen-bond acceptors (Lipinski definition) is 12. The summed E-state index contributed by atoms with van der Waals surface area (Å²) in [6, 6.07) is 6.03. The maximum absolute atomic E-state index is 12.6. The molecule has 0 unspecified atom stereocenters. The first kappa shape index (κ1) is 28.0. The second-order valence-electron chi connectivity index (χ2n) is 9.58. The van der Waals surface area contributed by atoms with Crippen LogP contribution < -0.4 is 0 Å². The standard InChI is InChI=1S/C26H32O12/c1-12-17(29)9-15-16(24(33)34-2)11-35-25(20(12)15)38-26-23(22(32)21(31)18(10-27)36-26)37-19(30)8-5-13-3-6-14(28)7-4-13/h3-8,11-12,15,17-18,20-23,25-29,31-32H,9-10H2,1-2H3/b8-5+/t12-,15+,17-,18+,20+,21+,22-,23+,25-,26-/m0/s1. The lowest BCUT2D eigenvalue weighted by Gasteiger charge is -2.44. The van der Waals surface area contributed by atoms with Gasteiger partial charge >= 0.3 is 11.9 Å². The van der Waals surface area contributed by atoms with E-state index in [1.807, 2.05) is 0 Å². The van der Waals surface area contributed by atoms with Gasteiger partial charge in [0.2, 0.25) is 12.6 Å². The van der Waals surface area contributed by atoms with E-state index in [4.69, 9.17) is 23.7 Å². The minimum atomic E-state index is -1.68. The second-order valence-corrected chi connectivity index (χ2v) is 9.58. The Bertz CT molecular complexity index is 1050. The highest BCUT2D eigenvalue weighted by atomic mass is 16.8. The largest absolute Gasteiger partial charge is 0.508 e. The molecule has 1 saturated heterocycles. The Morgan fingerprint density at radius 2 is 1.82 bits per heavy atom. The van der Waals surface area contributed by atoms with E-state index >= 15 is 0 Å². The van der Waals surface area contributed by atoms with Crippen LogP contribution in [0.4, 0.5) is 0 Å². The number of methoxy groups -OCH3 is 1. The van der Waals surface area contributed by atoms with Crippen LogP contribution >= 0.6 is 0 Å². The van der Waals surface area contributed by atoms with Crippen molar-refractivity contribution in [2.75, 3.05) is 13.7 Å². The van der Waals surface area contributed by atoms with Crippen LogP contribution in [0.15, 0.2) is 42.2 Å². The highest BCUT2D eigenvalue weighted by Gasteiger charge is 2.54. The van der Waals surface area contributed by atoms with Crippen LogP contribution in [0, 0.1) is 17.8 Å². The number of hydrogen-bond donors (Lipinski definition) is 5. The zero-order chi connectivity index (χ0) is 27.6. The molecule has 0 spiro atoms. The fraction of sp³-hybridized carbons (Fsp3) is 0.538. The van der Waals surface area contributed by atoms with E-state index in [1.165, 1.54) is 31.6 Å². The molecule has 0 bridgehead atoms. The molecule has 208 valence electrons. The van der Waals surface area contributed by atoms with Crippen LogP contribution in [-0.4, -0.2) is 94.3 Å². The fourth-order valence-electron chi connectivity index (χ4n) is 5.13. The molecule has 1 aromatic carbocycles. The van der Waals surface area contributed by atoms with Gasteiger partial charge in [0.1, 0.15) is 24.1 Å². The number of benzene rings is 1. The van der Waals surface area contributed by atoms with Gasteiger partial charge in [-0.3, -0.25) is 0 Å². The number of ether oxygens (including phenoxy) is 5. The number of phenolic OH excluding ortho intramolecular Hbond substituents is 1. The lowest BCUT2D eigenvalue weighted by atomic mass is 9.83. The molecule has 2 aliphatic heterocycles. The van der Waals surface area contributed by atoms with E-state index in [0.717, 1.165) is 6.08 Å². The van der Waals surface area contributed by atoms with Gasteiger partial charge in [-0.25, -0.2) is 9.59 Å². The van der Waals surface area contributed by atoms with Crippen molar-refractivity contribution in [3.05, 3.63) is 47.7 Å². The molecule has 5 N–H and O–H groups in total. The van der Waals surface area contributed by atoms with Gasteiger partial charge in [0, 0.05) is 17.9 Å². The SMILES string of the molecule is COC(=O)C1=CO[C@@H](O[C@@H]2O[C@H](CO)[C@@H](O)[C@H](O)[C@H]2OC(=O)/C=C/c2ccc(O)cc2)[C@@H]2[C@@H](C)[C@@H](O)C[C@H]12. The van der Waals surface area contributed by atoms with Crippen LogP contribution in [0.25, 0.3) is 6.08 Å². The Morgan fingerprint density at radius 1 is 1.11 bits per heavy atom. The maximum atomic E-state index is 12.6. The zero-order valence-electron chi connectivity index (χ0n) is 20.8. The molecule has 2 heterocycles. The maximum Gasteiger partial charge on any atom is 0.337 e. The van der Waals surface area contributed by atoms with Crippen LogP contribution in [0.3, 0.4) is 0 Å². The number of aliphatic hydroxyl groups is 4. The number of aromatic hydroxyl groups is 1. The zero-order valence-corrected chi connectivity index (χ0v) is 20.8. The molecular formula is C26H32O12. The third-order valence-electron chi connectivity index (χ3n) is 7.29. The second kappa shape index (κ2) is 11.8. The first-order valence-corrected chi connectivity index (χ1v) is 12.2. The van der Waals surface area contributed by atoms with Crippen molar-refractivity contribution in [3.8, 4) is 5.75 Å². The molecule has 38 heavy (non-hydrogen) atoms. The average Bonchev–Trinajstić information content (AvgIpc) is 3.21. The molecule has 0 amide bonds. The minimum Gasteiger partial charge on any atom is -0.508 e. The highest BCUT2D eigenvalue weighted by Crippen LogP contribution is 2.47. The van der Waals surface area contributed by atoms with Crippen molar-refractivity contribution in [2.24, 2.45) is 17.8 Å². The average molecular weight is 537 g/mol. The molecule has 3 aliphatic rings. The van der Waals surface area contributed by atoms with E-state index in [9.17, 15) is 35.1 Å². The van der Waals surface area contributed by atoms with Crippen molar-refractivity contribution in [1.82, 2.24) is 0 Å². The summed E-state index contributed by atoms with van der Waals surface area (Å²) in [4.78, 5) is 24.8. The number of phenols is 1. The van der Waals surface area contributed by atoms with Crippen molar-refractivity contribution in [3.63, 3.8) is 0 Å². The lowest BCUT2D eigenvalue weighted by Crippen LogP contribution is -2.61. The van der Waals surface area contributed by atoms with Gasteiger partial charge in [0.15, 0.2) is 6.10 Å². The molecule has 0 radical (unpaired) electrons. The number of rotatable bonds is 7. The number of carbonyl (C=O) groups excluding carboxylic acids is 2. The lowest BCUT2D eigenvalue weighted by molar-refractivity contribution is -0.343. The van der Waals surface area contributed by atoms with Crippen molar-refractivity contribution >= 4 is 18.0 Å². The number of esters is 2. The van der Waals surface area contributed by atoms with Gasteiger partial charge in [0.25, 0.3) is 0 Å². The molecule has 12 nitrogen and oxygen atoms in total. The van der Waals surface area contributed by atoms with E-state index < -0.39 is 73.5 Å². The molecule has 12 heteroatoms. The van der Waals surface area contributed by atoms with E-state index in [0.29, 0.717) is 5.56 Å². The van der Waals surface area contributed by atoms with Crippen molar-refractivity contribution < 1.29 is 58.8 Å². The summed E-state index contributed by atoms with van der Waals surface area (Å²) >= 11 is 0. The Morgan fingerprint density at radius 3 is 2.47 bits per heavy atom. The summed E-state index contributed by atoms with van der Waals surface area (Å²) in [5.41, 5.74) is 0.841. The molecule has 1 saturated carbocycles. The Hall–Kier alpha value is -3.00. The summed E-state index contributed by atoms with van der Waals surface area (Å²) in [6.45, 7) is 1.12. The van der Waals surface area contributed by atoms with Gasteiger partial charge in [-0.1, -0.05) is 19.1 Å². The highest BCUT2D eigenvalue weighted by molar-refractivity contribution is 5.89. The molecule has 10 atom stereocenters. The summed E-state index contributed by atoms with van der Waals surface area (Å²) in [7, 11) is 1.24. The van der Waals surface area contributed by atoms with E-state index in [1.54, 1.807) is 19.1 Å². The normalized spacial score (nSPS) is 36.7. The number of fused-ring (bicyclic) bond motifs is 1. The van der Waals surface area contributed by atoms with Crippen LogP contribution in [-0.2, 0) is 33.3 Å². The molecule has 0 aromatic heterocycles. The Kier molecular flexibility index (Phi) is 8.71. The molecule has 1 aromatic rings. The minimum absolute atomic E-state index is 0.0597. The van der Waals surface area contributed by atoms with Gasteiger partial charge in [-0.15, -0.1) is 0 Å². The first-order chi connectivity index (χ1) is 18.1. The molecule has 2 fully saturated rings. The summed E-state index contributed by atoms with van der Waals surface area (Å²) in [5, 5.41) is 50.6. The van der Waals surface area contributed by atoms with Gasteiger partial charge in [-0.05, 0) is 36.1 Å². The number of aliphatic hydroxyl groups excluding tert-OH is 4. The van der Waals surface area contributed by atoms with Gasteiger partial charge in [-0.2, -0.15) is 0 Å². The van der Waals surface area contributed by atoms with Crippen molar-refractivity contribution in [1.29, 1.82) is 0 Å². The summed E-state index contributed by atoms with van der Waals surface area (Å²) < 4.78 is 27.6. The van der Waals surface area contributed by atoms with Crippen molar-refractivity contribution in [2.45, 2.75) is 56.4 Å². The monoisotopic (exact) mass is 536 g/mol. The summed E-state index contributed by atoms with van der Waals surface area (Å²) in [5.74, 6) is -2.75. The number of carbonyl (C=O) groups is 2. The predicted molar refractivity (Wildman–Crippen MR) is 128 cm³/mol. The molecule has 4 rings (SSSR count). The third kappa shape index (κ3) is 5.70. The fourth-order valence-corrected chi connectivity index (χ4v) is 5.13. The van der Waals surface area contributed by atoms with Crippen LogP contribution in [0.1, 0.15) is 18.9 Å². The predicted octanol–water partition coefficient (Wildman–Crippen LogP) is -0.181. The van der Waals surface area contributed by atoms with Gasteiger partial charge < -0.3 is 49.2 Å². The van der Waals surface area contributed by atoms with Crippen LogP contribution in [0.2, 0.25) is 0 Å². The Balaban J connectivity index is 1.54. The van der Waals surface area contributed by atoms with E-state index in [-0.39, 0.29) is 23.7 Å². The smallest absolute Gasteiger partial charge is 0.337 e.